The Morgan fingerprint density at radius 2 is 1.97 bits per heavy atom. The number of anilines is 1. The molecule has 1 saturated heterocycles. The Bertz CT molecular complexity index is 1300. The molecule has 0 bridgehead atoms. The van der Waals surface area contributed by atoms with E-state index in [1.165, 1.54) is 34.3 Å². The number of hydrogen-bond acceptors (Lipinski definition) is 4. The van der Waals surface area contributed by atoms with Crippen molar-refractivity contribution in [2.45, 2.75) is 56.5 Å². The molecule has 2 aliphatic carbocycles. The van der Waals surface area contributed by atoms with Crippen LogP contribution in [-0.2, 0) is 22.0 Å². The highest BCUT2D eigenvalue weighted by molar-refractivity contribution is 7.88. The fraction of sp³-hybridized carbons (Fsp3) is 0.536. The topological polar surface area (TPSA) is 95.7 Å². The highest BCUT2D eigenvalue weighted by atomic mass is 35.5. The van der Waals surface area contributed by atoms with Crippen molar-refractivity contribution in [2.75, 3.05) is 31.2 Å². The molecule has 5 rings (SSSR count). The third-order valence-corrected chi connectivity index (χ3v) is 10.4. The molecule has 38 heavy (non-hydrogen) atoms. The summed E-state index contributed by atoms with van der Waals surface area (Å²) in [6.45, 7) is 2.03. The Balaban J connectivity index is 1.31. The van der Waals surface area contributed by atoms with E-state index in [2.05, 4.69) is 29.6 Å². The standard InChI is InChI=1S/C28H36ClFN4O3S/c1-38(36,37)33-11-8-19(9-12-33)18-34(27(35)32-23-5-6-26(30)25(29)15-23)24-7-10-28(16-22(28)14-24)21-4-2-3-20(13-21)17-31/h2-6,13,15,19,22,24H,7-12,14,16-18,31H2,1H3,(H,32,35)/t22?,24-,28-/m1/s1. The van der Waals surface area contributed by atoms with Crippen molar-refractivity contribution in [3.63, 3.8) is 0 Å². The number of hydrogen-bond donors (Lipinski definition) is 2. The van der Waals surface area contributed by atoms with E-state index in [-0.39, 0.29) is 28.4 Å². The number of halogens is 2. The second-order valence-electron chi connectivity index (χ2n) is 11.2. The van der Waals surface area contributed by atoms with Gasteiger partial charge < -0.3 is 16.0 Å². The maximum atomic E-state index is 13.7. The summed E-state index contributed by atoms with van der Waals surface area (Å²) in [6.07, 6.45) is 6.61. The van der Waals surface area contributed by atoms with Crippen LogP contribution in [0.4, 0.5) is 14.9 Å². The third kappa shape index (κ3) is 5.71. The predicted octanol–water partition coefficient (Wildman–Crippen LogP) is 4.95. The summed E-state index contributed by atoms with van der Waals surface area (Å²) in [5.41, 5.74) is 9.01. The van der Waals surface area contributed by atoms with Crippen LogP contribution in [0.2, 0.25) is 5.02 Å². The highest BCUT2D eigenvalue weighted by Crippen LogP contribution is 2.63. The quantitative estimate of drug-likeness (QED) is 0.499. The van der Waals surface area contributed by atoms with Crippen molar-refractivity contribution in [1.82, 2.24) is 9.21 Å². The van der Waals surface area contributed by atoms with Gasteiger partial charge in [0.2, 0.25) is 10.0 Å². The van der Waals surface area contributed by atoms with Crippen LogP contribution in [0.5, 0.6) is 0 Å². The number of rotatable bonds is 7. The van der Waals surface area contributed by atoms with E-state index in [0.29, 0.717) is 50.6 Å². The number of piperidine rings is 1. The minimum absolute atomic E-state index is 0.0392. The Labute approximate surface area is 229 Å². The van der Waals surface area contributed by atoms with Crippen LogP contribution in [0.25, 0.3) is 0 Å². The molecule has 2 aromatic carbocycles. The fourth-order valence-corrected chi connectivity index (χ4v) is 7.58. The Morgan fingerprint density at radius 1 is 1.21 bits per heavy atom. The van der Waals surface area contributed by atoms with E-state index in [1.54, 1.807) is 0 Å². The second-order valence-corrected chi connectivity index (χ2v) is 13.6. The average Bonchev–Trinajstić information content (AvgIpc) is 3.64. The lowest BCUT2D eigenvalue weighted by molar-refractivity contribution is 0.132. The maximum Gasteiger partial charge on any atom is 0.322 e. The van der Waals surface area contributed by atoms with Crippen molar-refractivity contribution in [2.24, 2.45) is 17.6 Å². The van der Waals surface area contributed by atoms with Gasteiger partial charge >= 0.3 is 6.03 Å². The zero-order chi connectivity index (χ0) is 27.1. The monoisotopic (exact) mass is 562 g/mol. The van der Waals surface area contributed by atoms with Crippen molar-refractivity contribution in [3.8, 4) is 0 Å². The van der Waals surface area contributed by atoms with E-state index in [9.17, 15) is 17.6 Å². The van der Waals surface area contributed by atoms with Crippen molar-refractivity contribution < 1.29 is 17.6 Å². The minimum Gasteiger partial charge on any atom is -0.326 e. The molecule has 10 heteroatoms. The van der Waals surface area contributed by atoms with Gasteiger partial charge in [0.25, 0.3) is 0 Å². The maximum absolute atomic E-state index is 13.7. The lowest BCUT2D eigenvalue weighted by Crippen LogP contribution is -2.49. The molecule has 1 unspecified atom stereocenters. The van der Waals surface area contributed by atoms with Gasteiger partial charge in [-0.25, -0.2) is 21.9 Å². The number of nitrogens with zero attached hydrogens (tertiary/aromatic N) is 2. The molecule has 0 radical (unpaired) electrons. The van der Waals surface area contributed by atoms with Gasteiger partial charge in [-0.05, 0) is 85.1 Å². The lowest BCUT2D eigenvalue weighted by atomic mass is 9.79. The van der Waals surface area contributed by atoms with E-state index in [1.807, 2.05) is 4.90 Å². The molecule has 3 fully saturated rings. The molecule has 2 amide bonds. The van der Waals surface area contributed by atoms with Gasteiger partial charge in [0.1, 0.15) is 5.82 Å². The van der Waals surface area contributed by atoms with Gasteiger partial charge in [0.15, 0.2) is 0 Å². The van der Waals surface area contributed by atoms with Gasteiger partial charge in [0.05, 0.1) is 11.3 Å². The van der Waals surface area contributed by atoms with Crippen LogP contribution in [-0.4, -0.2) is 55.6 Å². The zero-order valence-electron chi connectivity index (χ0n) is 21.7. The van der Waals surface area contributed by atoms with E-state index in [0.717, 1.165) is 31.2 Å². The van der Waals surface area contributed by atoms with Gasteiger partial charge in [-0.2, -0.15) is 0 Å². The van der Waals surface area contributed by atoms with Crippen molar-refractivity contribution in [3.05, 3.63) is 64.4 Å². The summed E-state index contributed by atoms with van der Waals surface area (Å²) in [5, 5.41) is 2.89. The van der Waals surface area contributed by atoms with Gasteiger partial charge in [0, 0.05) is 37.9 Å². The fourth-order valence-electron chi connectivity index (χ4n) is 6.52. The number of urea groups is 1. The normalized spacial score (nSPS) is 26.0. The molecule has 1 aliphatic heterocycles. The summed E-state index contributed by atoms with van der Waals surface area (Å²) < 4.78 is 39.1. The van der Waals surface area contributed by atoms with Crippen molar-refractivity contribution in [1.29, 1.82) is 0 Å². The summed E-state index contributed by atoms with van der Waals surface area (Å²) >= 11 is 5.95. The third-order valence-electron chi connectivity index (χ3n) is 8.82. The summed E-state index contributed by atoms with van der Waals surface area (Å²) in [6, 6.07) is 12.6. The van der Waals surface area contributed by atoms with Crippen LogP contribution in [0, 0.1) is 17.7 Å². The largest absolute Gasteiger partial charge is 0.326 e. The van der Waals surface area contributed by atoms with Crippen LogP contribution in [0.3, 0.4) is 0 Å². The van der Waals surface area contributed by atoms with Crippen LogP contribution >= 0.6 is 11.6 Å². The molecule has 3 aliphatic rings. The lowest BCUT2D eigenvalue weighted by Gasteiger charge is -2.40. The molecule has 0 spiro atoms. The second kappa shape index (κ2) is 10.8. The number of sulfonamides is 1. The first-order valence-corrected chi connectivity index (χ1v) is 15.6. The number of benzene rings is 2. The van der Waals surface area contributed by atoms with E-state index in [4.69, 9.17) is 17.3 Å². The Kier molecular flexibility index (Phi) is 7.75. The smallest absolute Gasteiger partial charge is 0.322 e. The first kappa shape index (κ1) is 27.4. The SMILES string of the molecule is CS(=O)(=O)N1CCC(CN(C(=O)Nc2ccc(F)c(Cl)c2)[C@@H]2CC[C@]3(c4cccc(CN)c4)CC3C2)CC1. The molecule has 206 valence electrons. The average molecular weight is 563 g/mol. The van der Waals surface area contributed by atoms with Crippen LogP contribution in [0.1, 0.15) is 49.7 Å². The summed E-state index contributed by atoms with van der Waals surface area (Å²) in [5.74, 6) is 0.190. The molecular weight excluding hydrogens is 527 g/mol. The number of carbonyl (C=O) groups excluding carboxylic acids is 1. The van der Waals surface area contributed by atoms with Gasteiger partial charge in [-0.15, -0.1) is 0 Å². The van der Waals surface area contributed by atoms with Crippen LogP contribution < -0.4 is 11.1 Å². The minimum atomic E-state index is -3.21. The van der Waals surface area contributed by atoms with Gasteiger partial charge in [-0.3, -0.25) is 0 Å². The van der Waals surface area contributed by atoms with E-state index >= 15 is 0 Å². The zero-order valence-corrected chi connectivity index (χ0v) is 23.3. The molecule has 0 aromatic heterocycles. The molecule has 3 N–H and O–H groups in total. The number of fused-ring (bicyclic) bond motifs is 1. The Hall–Kier alpha value is -2.20. The summed E-state index contributed by atoms with van der Waals surface area (Å²) in [7, 11) is -3.21. The molecule has 3 atom stereocenters. The molecule has 1 heterocycles. The molecule has 2 aromatic rings. The highest BCUT2D eigenvalue weighted by Gasteiger charge is 2.58. The number of nitrogens with one attached hydrogen (secondary N) is 1. The van der Waals surface area contributed by atoms with Crippen molar-refractivity contribution >= 4 is 33.3 Å². The van der Waals surface area contributed by atoms with Crippen LogP contribution in [0.15, 0.2) is 42.5 Å². The molecule has 2 saturated carbocycles. The first-order valence-electron chi connectivity index (χ1n) is 13.4. The first-order chi connectivity index (χ1) is 18.1. The molecule has 7 nitrogen and oxygen atoms in total. The predicted molar refractivity (Wildman–Crippen MR) is 148 cm³/mol. The van der Waals surface area contributed by atoms with Gasteiger partial charge in [-0.1, -0.05) is 35.9 Å². The number of amides is 2. The summed E-state index contributed by atoms with van der Waals surface area (Å²) in [4.78, 5) is 15.6. The number of nitrogens with two attached hydrogens (primary N) is 1. The number of carbonyl (C=O) groups is 1. The van der Waals surface area contributed by atoms with E-state index < -0.39 is 15.8 Å². The Morgan fingerprint density at radius 3 is 2.63 bits per heavy atom. The molecular formula is C28H36ClFN4O3S.